The Kier molecular flexibility index (Phi) is 7.59. The summed E-state index contributed by atoms with van der Waals surface area (Å²) in [4.78, 5) is 25.8. The highest BCUT2D eigenvalue weighted by Crippen LogP contribution is 2.24. The zero-order chi connectivity index (χ0) is 23.5. The first-order valence-electron chi connectivity index (χ1n) is 10.5. The number of nitrogens with one attached hydrogen (secondary N) is 2. The van der Waals surface area contributed by atoms with Crippen LogP contribution in [0.5, 0.6) is 0 Å². The van der Waals surface area contributed by atoms with Crippen LogP contribution in [0.15, 0.2) is 53.4 Å². The average molecular weight is 478 g/mol. The predicted octanol–water partition coefficient (Wildman–Crippen LogP) is 2.99. The summed E-state index contributed by atoms with van der Waals surface area (Å²) >= 11 is 6.23. The summed E-state index contributed by atoms with van der Waals surface area (Å²) in [6.45, 7) is 3.52. The molecule has 7 nitrogen and oxygen atoms in total. The van der Waals surface area contributed by atoms with Crippen LogP contribution in [0.3, 0.4) is 0 Å². The van der Waals surface area contributed by atoms with Crippen molar-refractivity contribution in [1.29, 1.82) is 0 Å². The first kappa shape index (κ1) is 24.2. The molecule has 172 valence electrons. The molecule has 0 saturated heterocycles. The highest BCUT2D eigenvalue weighted by molar-refractivity contribution is 7.89. The highest BCUT2D eigenvalue weighted by atomic mass is 35.5. The summed E-state index contributed by atoms with van der Waals surface area (Å²) in [5.41, 5.74) is 0.895. The molecule has 2 N–H and O–H groups in total. The number of nitrogens with zero attached hydrogens (tertiary/aromatic N) is 1. The Labute approximate surface area is 194 Å². The Bertz CT molecular complexity index is 1090. The molecule has 0 aliphatic heterocycles. The summed E-state index contributed by atoms with van der Waals surface area (Å²) < 4.78 is 26.9. The zero-order valence-electron chi connectivity index (χ0n) is 18.3. The fourth-order valence-corrected chi connectivity index (χ4v) is 4.70. The minimum Gasteiger partial charge on any atom is -0.352 e. The van der Waals surface area contributed by atoms with E-state index < -0.39 is 22.0 Å². The zero-order valence-corrected chi connectivity index (χ0v) is 19.9. The number of halogens is 1. The number of sulfonamides is 1. The van der Waals surface area contributed by atoms with Crippen molar-refractivity contribution < 1.29 is 18.0 Å². The molecule has 1 unspecified atom stereocenters. The van der Waals surface area contributed by atoms with Gasteiger partial charge in [-0.1, -0.05) is 41.9 Å². The molecule has 3 rings (SSSR count). The van der Waals surface area contributed by atoms with Crippen molar-refractivity contribution in [3.63, 3.8) is 0 Å². The minimum atomic E-state index is -3.80. The third kappa shape index (κ3) is 5.88. The molecule has 1 saturated carbocycles. The molecule has 2 amide bonds. The van der Waals surface area contributed by atoms with Gasteiger partial charge in [-0.3, -0.25) is 9.59 Å². The molecule has 2 aromatic carbocycles. The van der Waals surface area contributed by atoms with E-state index in [4.69, 9.17) is 11.6 Å². The number of carbonyl (C=O) groups is 2. The van der Waals surface area contributed by atoms with Crippen LogP contribution in [0.4, 0.5) is 0 Å². The van der Waals surface area contributed by atoms with E-state index in [9.17, 15) is 18.0 Å². The summed E-state index contributed by atoms with van der Waals surface area (Å²) in [5, 5.41) is 5.77. The Morgan fingerprint density at radius 2 is 1.78 bits per heavy atom. The standard InChI is InChI=1S/C23H28ClN3O4S/c1-15(2)27(3)32(30,31)18-11-12-20(24)19(14-18)22(28)26-21(23(29)25-17-9-10-17)13-16-7-5-4-6-8-16/h4-8,11-12,14-15,17,21H,9-10,13H2,1-3H3,(H,25,29)(H,26,28). The maximum absolute atomic E-state index is 13.1. The number of benzene rings is 2. The number of amides is 2. The van der Waals surface area contributed by atoms with E-state index in [1.165, 1.54) is 29.6 Å². The van der Waals surface area contributed by atoms with Crippen molar-refractivity contribution in [1.82, 2.24) is 14.9 Å². The van der Waals surface area contributed by atoms with Crippen LogP contribution in [0.1, 0.15) is 42.6 Å². The van der Waals surface area contributed by atoms with Crippen LogP contribution >= 0.6 is 11.6 Å². The maximum atomic E-state index is 13.1. The molecule has 0 radical (unpaired) electrons. The molecule has 32 heavy (non-hydrogen) atoms. The number of hydrogen-bond donors (Lipinski definition) is 2. The molecule has 0 aromatic heterocycles. The second kappa shape index (κ2) is 10.0. The second-order valence-corrected chi connectivity index (χ2v) is 10.7. The van der Waals surface area contributed by atoms with Crippen LogP contribution in [-0.2, 0) is 21.2 Å². The van der Waals surface area contributed by atoms with Crippen molar-refractivity contribution in [2.24, 2.45) is 0 Å². The Balaban J connectivity index is 1.85. The van der Waals surface area contributed by atoms with Crippen molar-refractivity contribution in [2.75, 3.05) is 7.05 Å². The highest BCUT2D eigenvalue weighted by Gasteiger charge is 2.30. The van der Waals surface area contributed by atoms with Gasteiger partial charge in [0.1, 0.15) is 6.04 Å². The predicted molar refractivity (Wildman–Crippen MR) is 124 cm³/mol. The normalized spacial score (nSPS) is 14.9. The third-order valence-corrected chi connectivity index (χ3v) is 7.77. The summed E-state index contributed by atoms with van der Waals surface area (Å²) in [5.74, 6) is -0.879. The molecular formula is C23H28ClN3O4S. The monoisotopic (exact) mass is 477 g/mol. The largest absolute Gasteiger partial charge is 0.352 e. The van der Waals surface area contributed by atoms with Gasteiger partial charge in [-0.05, 0) is 50.5 Å². The smallest absolute Gasteiger partial charge is 0.253 e. The molecule has 0 bridgehead atoms. The molecule has 0 heterocycles. The van der Waals surface area contributed by atoms with Crippen molar-refractivity contribution >= 4 is 33.4 Å². The van der Waals surface area contributed by atoms with E-state index in [-0.39, 0.29) is 33.5 Å². The lowest BCUT2D eigenvalue weighted by atomic mass is 10.0. The number of hydrogen-bond acceptors (Lipinski definition) is 4. The summed E-state index contributed by atoms with van der Waals surface area (Å²) in [7, 11) is -2.32. The molecule has 0 spiro atoms. The Morgan fingerprint density at radius 3 is 2.38 bits per heavy atom. The average Bonchev–Trinajstić information content (AvgIpc) is 3.57. The molecule has 1 fully saturated rings. The van der Waals surface area contributed by atoms with Gasteiger partial charge in [0.2, 0.25) is 15.9 Å². The van der Waals surface area contributed by atoms with E-state index >= 15 is 0 Å². The SMILES string of the molecule is CC(C)N(C)S(=O)(=O)c1ccc(Cl)c(C(=O)NC(Cc2ccccc2)C(=O)NC2CC2)c1. The van der Waals surface area contributed by atoms with E-state index in [0.717, 1.165) is 18.4 Å². The first-order valence-corrected chi connectivity index (χ1v) is 12.3. The van der Waals surface area contributed by atoms with Crippen molar-refractivity contribution in [3.05, 3.63) is 64.7 Å². The van der Waals surface area contributed by atoms with Crippen molar-refractivity contribution in [2.45, 2.75) is 56.1 Å². The van der Waals surface area contributed by atoms with Crippen LogP contribution in [0.25, 0.3) is 0 Å². The maximum Gasteiger partial charge on any atom is 0.253 e. The van der Waals surface area contributed by atoms with Crippen LogP contribution in [0, 0.1) is 0 Å². The number of carbonyl (C=O) groups excluding carboxylic acids is 2. The van der Waals surface area contributed by atoms with E-state index in [0.29, 0.717) is 6.42 Å². The lowest BCUT2D eigenvalue weighted by Gasteiger charge is -2.22. The van der Waals surface area contributed by atoms with Gasteiger partial charge in [0.15, 0.2) is 0 Å². The van der Waals surface area contributed by atoms with Gasteiger partial charge in [-0.2, -0.15) is 4.31 Å². The van der Waals surface area contributed by atoms with E-state index in [1.807, 2.05) is 30.3 Å². The Hall–Kier alpha value is -2.42. The topological polar surface area (TPSA) is 95.6 Å². The fourth-order valence-electron chi connectivity index (χ4n) is 3.11. The van der Waals surface area contributed by atoms with Crippen LogP contribution < -0.4 is 10.6 Å². The molecule has 2 aromatic rings. The third-order valence-electron chi connectivity index (χ3n) is 5.41. The Morgan fingerprint density at radius 1 is 1.12 bits per heavy atom. The van der Waals surface area contributed by atoms with Gasteiger partial charge in [-0.25, -0.2) is 8.42 Å². The molecule has 1 aliphatic carbocycles. The molecule has 1 aliphatic rings. The lowest BCUT2D eigenvalue weighted by Crippen LogP contribution is -2.48. The van der Waals surface area contributed by atoms with Crippen molar-refractivity contribution in [3.8, 4) is 0 Å². The van der Waals surface area contributed by atoms with Gasteiger partial charge < -0.3 is 10.6 Å². The van der Waals surface area contributed by atoms with Gasteiger partial charge in [0, 0.05) is 25.6 Å². The molecular weight excluding hydrogens is 450 g/mol. The van der Waals surface area contributed by atoms with Gasteiger partial charge in [0.25, 0.3) is 5.91 Å². The van der Waals surface area contributed by atoms with Gasteiger partial charge in [0.05, 0.1) is 15.5 Å². The minimum absolute atomic E-state index is 0.00202. The first-order chi connectivity index (χ1) is 15.1. The summed E-state index contributed by atoms with van der Waals surface area (Å²) in [6, 6.07) is 12.4. The van der Waals surface area contributed by atoms with Crippen LogP contribution in [-0.4, -0.2) is 49.7 Å². The van der Waals surface area contributed by atoms with Gasteiger partial charge >= 0.3 is 0 Å². The van der Waals surface area contributed by atoms with E-state index in [1.54, 1.807) is 13.8 Å². The van der Waals surface area contributed by atoms with Gasteiger partial charge in [-0.15, -0.1) is 0 Å². The number of rotatable bonds is 9. The fraction of sp³-hybridized carbons (Fsp3) is 0.391. The molecule has 9 heteroatoms. The van der Waals surface area contributed by atoms with E-state index in [2.05, 4.69) is 10.6 Å². The summed E-state index contributed by atoms with van der Waals surface area (Å²) in [6.07, 6.45) is 2.15. The lowest BCUT2D eigenvalue weighted by molar-refractivity contribution is -0.123. The second-order valence-electron chi connectivity index (χ2n) is 8.26. The van der Waals surface area contributed by atoms with Crippen LogP contribution in [0.2, 0.25) is 5.02 Å². The molecule has 1 atom stereocenters. The quantitative estimate of drug-likeness (QED) is 0.580.